The lowest BCUT2D eigenvalue weighted by molar-refractivity contribution is 0.272. The van der Waals surface area contributed by atoms with Crippen molar-refractivity contribution in [1.29, 1.82) is 0 Å². The second-order valence-corrected chi connectivity index (χ2v) is 7.81. The zero-order chi connectivity index (χ0) is 15.1. The minimum absolute atomic E-state index is 0.741. The van der Waals surface area contributed by atoms with Gasteiger partial charge in [0.15, 0.2) is 0 Å². The van der Waals surface area contributed by atoms with Crippen molar-refractivity contribution in [2.75, 3.05) is 0 Å². The average Bonchev–Trinajstić information content (AvgIpc) is 2.82. The Morgan fingerprint density at radius 1 is 0.909 bits per heavy atom. The molecule has 0 heterocycles. The van der Waals surface area contributed by atoms with Crippen molar-refractivity contribution < 1.29 is 0 Å². The van der Waals surface area contributed by atoms with Gasteiger partial charge in [0.1, 0.15) is 0 Å². The Labute approximate surface area is 138 Å². The molecule has 0 N–H and O–H groups in total. The third-order valence-electron chi connectivity index (χ3n) is 5.73. The molecule has 2 aromatic rings. The van der Waals surface area contributed by atoms with Gasteiger partial charge in [0, 0.05) is 5.02 Å². The molecular weight excluding hydrogens is 288 g/mol. The third kappa shape index (κ3) is 2.58. The summed E-state index contributed by atoms with van der Waals surface area (Å²) in [4.78, 5) is 0. The Bertz CT molecular complexity index is 675. The molecule has 2 saturated carbocycles. The number of hydrogen-bond acceptors (Lipinski definition) is 0. The topological polar surface area (TPSA) is 0 Å². The zero-order valence-corrected chi connectivity index (χ0v) is 13.9. The van der Waals surface area contributed by atoms with Gasteiger partial charge in [-0.15, -0.1) is 0 Å². The van der Waals surface area contributed by atoms with Gasteiger partial charge in [-0.2, -0.15) is 0 Å². The molecule has 0 amide bonds. The zero-order valence-electron chi connectivity index (χ0n) is 13.1. The van der Waals surface area contributed by atoms with Gasteiger partial charge in [-0.25, -0.2) is 0 Å². The fourth-order valence-electron chi connectivity index (χ4n) is 5.00. The molecule has 114 valence electrons. The van der Waals surface area contributed by atoms with Crippen LogP contribution in [0.4, 0.5) is 0 Å². The van der Waals surface area contributed by atoms with E-state index in [2.05, 4.69) is 49.4 Å². The summed E-state index contributed by atoms with van der Waals surface area (Å²) in [6.45, 7) is 2.43. The van der Waals surface area contributed by atoms with E-state index in [-0.39, 0.29) is 0 Å². The van der Waals surface area contributed by atoms with Crippen LogP contribution in [0.15, 0.2) is 48.5 Å². The first-order valence-electron chi connectivity index (χ1n) is 8.55. The number of benzene rings is 2. The summed E-state index contributed by atoms with van der Waals surface area (Å²) in [7, 11) is 0. The summed E-state index contributed by atoms with van der Waals surface area (Å²) in [5, 5.41) is 0.825. The molecule has 2 aliphatic rings. The van der Waals surface area contributed by atoms with Crippen molar-refractivity contribution in [2.45, 2.75) is 38.5 Å². The fourth-order valence-corrected chi connectivity index (χ4v) is 5.19. The van der Waals surface area contributed by atoms with E-state index in [1.165, 1.54) is 36.8 Å². The van der Waals surface area contributed by atoms with Crippen LogP contribution in [0.3, 0.4) is 0 Å². The van der Waals surface area contributed by atoms with E-state index in [4.69, 9.17) is 11.6 Å². The monoisotopic (exact) mass is 310 g/mol. The molecule has 0 aliphatic heterocycles. The summed E-state index contributed by atoms with van der Waals surface area (Å²) in [5.74, 6) is 3.48. The predicted molar refractivity (Wildman–Crippen MR) is 94.2 cm³/mol. The SMILES string of the molecule is CC1CC2CC(C1)C(c1ccccc1-c1cccc(Cl)c1)C2. The van der Waals surface area contributed by atoms with Crippen molar-refractivity contribution in [2.24, 2.45) is 17.8 Å². The second kappa shape index (κ2) is 5.74. The van der Waals surface area contributed by atoms with Crippen LogP contribution in [-0.2, 0) is 0 Å². The number of fused-ring (bicyclic) bond motifs is 2. The summed E-state index contributed by atoms with van der Waals surface area (Å²) in [6.07, 6.45) is 5.67. The van der Waals surface area contributed by atoms with E-state index in [1.807, 2.05) is 6.07 Å². The number of halogens is 1. The first-order valence-corrected chi connectivity index (χ1v) is 8.93. The molecule has 0 nitrogen and oxygen atoms in total. The Balaban J connectivity index is 1.74. The van der Waals surface area contributed by atoms with E-state index < -0.39 is 0 Å². The lowest BCUT2D eigenvalue weighted by atomic mass is 9.78. The maximum absolute atomic E-state index is 6.21. The van der Waals surface area contributed by atoms with Crippen LogP contribution in [0.5, 0.6) is 0 Å². The van der Waals surface area contributed by atoms with Gasteiger partial charge >= 0.3 is 0 Å². The highest BCUT2D eigenvalue weighted by Crippen LogP contribution is 2.53. The molecule has 2 aliphatic carbocycles. The van der Waals surface area contributed by atoms with Gasteiger partial charge in [0.25, 0.3) is 0 Å². The van der Waals surface area contributed by atoms with Crippen LogP contribution in [0, 0.1) is 17.8 Å². The number of rotatable bonds is 2. The Kier molecular flexibility index (Phi) is 3.74. The summed E-state index contributed by atoms with van der Waals surface area (Å²) >= 11 is 6.21. The average molecular weight is 311 g/mol. The Morgan fingerprint density at radius 3 is 2.64 bits per heavy atom. The van der Waals surface area contributed by atoms with E-state index in [1.54, 1.807) is 5.56 Å². The summed E-state index contributed by atoms with van der Waals surface area (Å²) in [6, 6.07) is 17.3. The highest BCUT2D eigenvalue weighted by Gasteiger charge is 2.40. The predicted octanol–water partition coefficient (Wildman–Crippen LogP) is 6.55. The molecule has 4 rings (SSSR count). The van der Waals surface area contributed by atoms with Crippen molar-refractivity contribution >= 4 is 11.6 Å². The van der Waals surface area contributed by atoms with Gasteiger partial charge in [-0.05, 0) is 78.2 Å². The van der Waals surface area contributed by atoms with Crippen LogP contribution >= 0.6 is 11.6 Å². The van der Waals surface area contributed by atoms with E-state index >= 15 is 0 Å². The second-order valence-electron chi connectivity index (χ2n) is 7.38. The summed E-state index contributed by atoms with van der Waals surface area (Å²) < 4.78 is 0. The standard InChI is InChI=1S/C21H23Cl/c1-14-9-15-11-17(10-14)21(12-15)20-8-3-2-7-19(20)16-5-4-6-18(22)13-16/h2-8,13-15,17,21H,9-12H2,1H3. The van der Waals surface area contributed by atoms with Gasteiger partial charge < -0.3 is 0 Å². The van der Waals surface area contributed by atoms with Crippen molar-refractivity contribution in [3.8, 4) is 11.1 Å². The number of hydrogen-bond donors (Lipinski definition) is 0. The van der Waals surface area contributed by atoms with Gasteiger partial charge in [0.05, 0.1) is 0 Å². The maximum Gasteiger partial charge on any atom is 0.0412 e. The smallest absolute Gasteiger partial charge is 0.0412 e. The van der Waals surface area contributed by atoms with E-state index in [0.717, 1.165) is 28.7 Å². The van der Waals surface area contributed by atoms with Gasteiger partial charge in [0.2, 0.25) is 0 Å². The first kappa shape index (κ1) is 14.3. The lowest BCUT2D eigenvalue weighted by Gasteiger charge is -2.27. The van der Waals surface area contributed by atoms with Crippen molar-refractivity contribution in [3.63, 3.8) is 0 Å². The van der Waals surface area contributed by atoms with Crippen LogP contribution in [0.25, 0.3) is 11.1 Å². The van der Waals surface area contributed by atoms with Crippen LogP contribution in [0.1, 0.15) is 44.1 Å². The molecule has 1 heteroatoms. The molecular formula is C21H23Cl. The Hall–Kier alpha value is -1.27. The molecule has 2 fully saturated rings. The molecule has 0 spiro atoms. The lowest BCUT2D eigenvalue weighted by Crippen LogP contribution is -2.15. The minimum atomic E-state index is 0.741. The van der Waals surface area contributed by atoms with Crippen LogP contribution in [-0.4, -0.2) is 0 Å². The normalized spacial score (nSPS) is 30.5. The maximum atomic E-state index is 6.21. The minimum Gasteiger partial charge on any atom is -0.0843 e. The van der Waals surface area contributed by atoms with E-state index in [9.17, 15) is 0 Å². The molecule has 4 unspecified atom stereocenters. The third-order valence-corrected chi connectivity index (χ3v) is 5.96. The molecule has 22 heavy (non-hydrogen) atoms. The quantitative estimate of drug-likeness (QED) is 0.590. The summed E-state index contributed by atoms with van der Waals surface area (Å²) in [5.41, 5.74) is 4.19. The van der Waals surface area contributed by atoms with E-state index in [0.29, 0.717) is 0 Å². The van der Waals surface area contributed by atoms with Crippen LogP contribution < -0.4 is 0 Å². The molecule has 0 saturated heterocycles. The van der Waals surface area contributed by atoms with Crippen molar-refractivity contribution in [3.05, 3.63) is 59.1 Å². The molecule has 4 atom stereocenters. The van der Waals surface area contributed by atoms with Crippen LogP contribution in [0.2, 0.25) is 5.02 Å². The highest BCUT2D eigenvalue weighted by molar-refractivity contribution is 6.30. The van der Waals surface area contributed by atoms with Gasteiger partial charge in [-0.3, -0.25) is 0 Å². The first-order chi connectivity index (χ1) is 10.7. The Morgan fingerprint density at radius 2 is 1.77 bits per heavy atom. The molecule has 2 bridgehead atoms. The van der Waals surface area contributed by atoms with Crippen molar-refractivity contribution in [1.82, 2.24) is 0 Å². The molecule has 0 radical (unpaired) electrons. The molecule has 2 aromatic carbocycles. The fraction of sp³-hybridized carbons (Fsp3) is 0.429. The van der Waals surface area contributed by atoms with Gasteiger partial charge in [-0.1, -0.05) is 54.9 Å². The molecule has 0 aromatic heterocycles. The highest BCUT2D eigenvalue weighted by atomic mass is 35.5. The largest absolute Gasteiger partial charge is 0.0843 e.